The second kappa shape index (κ2) is 21.4. The van der Waals surface area contributed by atoms with E-state index in [0.717, 1.165) is 44.4 Å². The summed E-state index contributed by atoms with van der Waals surface area (Å²) in [6.45, 7) is 6.33. The van der Waals surface area contributed by atoms with Crippen LogP contribution >= 0.6 is 0 Å². The highest BCUT2D eigenvalue weighted by molar-refractivity contribution is 5.74. The smallest absolute Gasteiger partial charge is 0.364 e. The minimum Gasteiger partial charge on any atom is -0.493 e. The summed E-state index contributed by atoms with van der Waals surface area (Å²) in [5.41, 5.74) is 2.56. The van der Waals surface area contributed by atoms with Crippen molar-refractivity contribution in [3.05, 3.63) is 65.7 Å². The molecule has 1 unspecified atom stereocenters. The number of carbonyl (C=O) groups is 1. The molecule has 0 N–H and O–H groups in total. The maximum absolute atomic E-state index is 13.0. The van der Waals surface area contributed by atoms with Crippen molar-refractivity contribution in [2.45, 2.75) is 129 Å². The molecule has 0 saturated heterocycles. The molecule has 1 atom stereocenters. The molecule has 0 bridgehead atoms. The molecule has 0 aromatic heterocycles. The maximum atomic E-state index is 13.0. The molecule has 0 aliphatic heterocycles. The Morgan fingerprint density at radius 3 is 1.93 bits per heavy atom. The molecule has 0 aliphatic rings. The van der Waals surface area contributed by atoms with Crippen LogP contribution in [0.5, 0.6) is 5.75 Å². The van der Waals surface area contributed by atoms with Gasteiger partial charge in [0.05, 0.1) is 27.3 Å². The van der Waals surface area contributed by atoms with Crippen molar-refractivity contribution in [2.24, 2.45) is 0 Å². The molecular weight excluding hydrogens is 506 g/mol. The zero-order chi connectivity index (χ0) is 29.6. The fraction of sp³-hybridized carbons (Fsp3) is 0.649. The van der Waals surface area contributed by atoms with Gasteiger partial charge >= 0.3 is 5.97 Å². The standard InChI is InChI=1S/C37H60NO3/c1-5-7-8-9-10-11-12-13-14-15-19-27-34-28-20-21-29-36(34)40-30-22-23-31-41-37(39)35(24-6-2)38(3,4)32-33-25-17-16-18-26-33/h16-18,20-21,25-26,28-29,35H,5-15,19,22-24,27,30-32H2,1-4H3/q+1. The molecule has 4 heteroatoms. The number of rotatable bonds is 24. The lowest BCUT2D eigenvalue weighted by Crippen LogP contribution is -2.52. The Kier molecular flexibility index (Phi) is 18.2. The van der Waals surface area contributed by atoms with Crippen LogP contribution in [0.1, 0.15) is 121 Å². The van der Waals surface area contributed by atoms with Crippen molar-refractivity contribution < 1.29 is 18.8 Å². The Morgan fingerprint density at radius 2 is 1.27 bits per heavy atom. The Labute approximate surface area is 252 Å². The Hall–Kier alpha value is -2.33. The maximum Gasteiger partial charge on any atom is 0.364 e. The lowest BCUT2D eigenvalue weighted by Gasteiger charge is -2.36. The number of esters is 1. The van der Waals surface area contributed by atoms with E-state index in [4.69, 9.17) is 9.47 Å². The number of hydrogen-bond acceptors (Lipinski definition) is 3. The summed E-state index contributed by atoms with van der Waals surface area (Å²) in [6.07, 6.45) is 19.6. The highest BCUT2D eigenvalue weighted by Gasteiger charge is 2.35. The van der Waals surface area contributed by atoms with Crippen LogP contribution < -0.4 is 4.74 Å². The van der Waals surface area contributed by atoms with Gasteiger partial charge < -0.3 is 14.0 Å². The normalized spacial score (nSPS) is 12.3. The summed E-state index contributed by atoms with van der Waals surface area (Å²) in [6, 6.07) is 18.7. The van der Waals surface area contributed by atoms with Gasteiger partial charge in [-0.25, -0.2) is 4.79 Å². The van der Waals surface area contributed by atoms with Crippen LogP contribution in [0.4, 0.5) is 0 Å². The van der Waals surface area contributed by atoms with Crippen molar-refractivity contribution in [1.82, 2.24) is 0 Å². The topological polar surface area (TPSA) is 35.5 Å². The Bertz CT molecular complexity index is 927. The van der Waals surface area contributed by atoms with E-state index in [0.29, 0.717) is 17.7 Å². The molecule has 2 rings (SSSR count). The van der Waals surface area contributed by atoms with Gasteiger partial charge in [0.1, 0.15) is 12.3 Å². The minimum absolute atomic E-state index is 0.0778. The molecule has 0 saturated carbocycles. The first-order valence-corrected chi connectivity index (χ1v) is 16.7. The van der Waals surface area contributed by atoms with Crippen LogP contribution in [0.3, 0.4) is 0 Å². The molecule has 2 aromatic rings. The number of benzene rings is 2. The third kappa shape index (κ3) is 14.9. The van der Waals surface area contributed by atoms with E-state index >= 15 is 0 Å². The van der Waals surface area contributed by atoms with Gasteiger partial charge in [-0.15, -0.1) is 0 Å². The van der Waals surface area contributed by atoms with Crippen molar-refractivity contribution in [1.29, 1.82) is 0 Å². The molecule has 230 valence electrons. The number of carbonyl (C=O) groups excluding carboxylic acids is 1. The summed E-state index contributed by atoms with van der Waals surface area (Å²) in [5, 5.41) is 0. The van der Waals surface area contributed by atoms with Gasteiger partial charge in [0.2, 0.25) is 0 Å². The van der Waals surface area contributed by atoms with Gasteiger partial charge in [-0.1, -0.05) is 127 Å². The van der Waals surface area contributed by atoms with Crippen LogP contribution in [-0.2, 0) is 22.5 Å². The largest absolute Gasteiger partial charge is 0.493 e. The van der Waals surface area contributed by atoms with Gasteiger partial charge in [0.15, 0.2) is 6.04 Å². The van der Waals surface area contributed by atoms with E-state index in [1.807, 2.05) is 6.07 Å². The first kappa shape index (κ1) is 34.9. The van der Waals surface area contributed by atoms with Gasteiger partial charge in [-0.3, -0.25) is 0 Å². The number of aryl methyl sites for hydroxylation is 1. The van der Waals surface area contributed by atoms with Crippen LogP contribution in [-0.4, -0.2) is 43.8 Å². The molecule has 0 aliphatic carbocycles. The third-order valence-corrected chi connectivity index (χ3v) is 8.17. The first-order valence-electron chi connectivity index (χ1n) is 16.7. The number of nitrogens with zero attached hydrogens (tertiary/aromatic N) is 1. The summed E-state index contributed by atoms with van der Waals surface area (Å²) in [4.78, 5) is 13.0. The van der Waals surface area contributed by atoms with Crippen molar-refractivity contribution >= 4 is 5.97 Å². The summed E-state index contributed by atoms with van der Waals surface area (Å²) in [5.74, 6) is 0.936. The van der Waals surface area contributed by atoms with Crippen molar-refractivity contribution in [2.75, 3.05) is 27.3 Å². The highest BCUT2D eigenvalue weighted by Crippen LogP contribution is 2.22. The van der Waals surface area contributed by atoms with E-state index in [1.165, 1.54) is 81.8 Å². The monoisotopic (exact) mass is 566 g/mol. The molecule has 2 aromatic carbocycles. The van der Waals surface area contributed by atoms with Gasteiger partial charge in [-0.2, -0.15) is 0 Å². The zero-order valence-corrected chi connectivity index (χ0v) is 26.9. The lowest BCUT2D eigenvalue weighted by atomic mass is 10.0. The average molecular weight is 567 g/mol. The first-order chi connectivity index (χ1) is 20.0. The summed E-state index contributed by atoms with van der Waals surface area (Å²) < 4.78 is 12.5. The number of unbranched alkanes of at least 4 members (excludes halogenated alkanes) is 11. The van der Waals surface area contributed by atoms with Gasteiger partial charge in [0, 0.05) is 12.0 Å². The molecule has 4 nitrogen and oxygen atoms in total. The number of likely N-dealkylation sites (N-methyl/N-ethyl adjacent to an activating group) is 1. The SMILES string of the molecule is CCCCCCCCCCCCCc1ccccc1OCCCCOC(=O)C(CCC)[N+](C)(C)Cc1ccccc1. The third-order valence-electron chi connectivity index (χ3n) is 8.17. The number of ether oxygens (including phenoxy) is 2. The fourth-order valence-electron chi connectivity index (χ4n) is 5.68. The molecule has 0 heterocycles. The lowest BCUT2D eigenvalue weighted by molar-refractivity contribution is -0.920. The van der Waals surface area contributed by atoms with Crippen LogP contribution in [0.15, 0.2) is 54.6 Å². The van der Waals surface area contributed by atoms with Crippen molar-refractivity contribution in [3.8, 4) is 5.75 Å². The second-order valence-electron chi connectivity index (χ2n) is 12.3. The van der Waals surface area contributed by atoms with Crippen LogP contribution in [0, 0.1) is 0 Å². The molecule has 0 spiro atoms. The predicted octanol–water partition coefficient (Wildman–Crippen LogP) is 9.69. The molecular formula is C37H60NO3+. The average Bonchev–Trinajstić information content (AvgIpc) is 2.97. The van der Waals surface area contributed by atoms with E-state index in [1.54, 1.807) is 0 Å². The zero-order valence-electron chi connectivity index (χ0n) is 26.9. The second-order valence-corrected chi connectivity index (χ2v) is 12.3. The quantitative estimate of drug-likeness (QED) is 0.0721. The highest BCUT2D eigenvalue weighted by atomic mass is 16.5. The van der Waals surface area contributed by atoms with Gasteiger partial charge in [-0.05, 0) is 43.7 Å². The van der Waals surface area contributed by atoms with E-state index in [2.05, 4.69) is 76.5 Å². The summed E-state index contributed by atoms with van der Waals surface area (Å²) in [7, 11) is 4.27. The van der Waals surface area contributed by atoms with Crippen LogP contribution in [0.2, 0.25) is 0 Å². The fourth-order valence-corrected chi connectivity index (χ4v) is 5.68. The van der Waals surface area contributed by atoms with E-state index in [-0.39, 0.29) is 12.0 Å². The Balaban J connectivity index is 1.62. The number of quaternary nitrogens is 1. The Morgan fingerprint density at radius 1 is 0.683 bits per heavy atom. The molecule has 41 heavy (non-hydrogen) atoms. The summed E-state index contributed by atoms with van der Waals surface area (Å²) >= 11 is 0. The molecule has 0 amide bonds. The minimum atomic E-state index is -0.154. The van der Waals surface area contributed by atoms with E-state index in [9.17, 15) is 4.79 Å². The van der Waals surface area contributed by atoms with Crippen LogP contribution in [0.25, 0.3) is 0 Å². The molecule has 0 radical (unpaired) electrons. The van der Waals surface area contributed by atoms with Gasteiger partial charge in [0.25, 0.3) is 0 Å². The van der Waals surface area contributed by atoms with E-state index < -0.39 is 0 Å². The predicted molar refractivity (Wildman–Crippen MR) is 173 cm³/mol. The number of para-hydroxylation sites is 1. The molecule has 0 fully saturated rings. The number of hydrogen-bond donors (Lipinski definition) is 0. The van der Waals surface area contributed by atoms with Crippen molar-refractivity contribution in [3.63, 3.8) is 0 Å².